The molecule has 18 heavy (non-hydrogen) atoms. The Kier molecular flexibility index (Phi) is 1.97. The van der Waals surface area contributed by atoms with Gasteiger partial charge in [0, 0.05) is 0 Å². The first kappa shape index (κ1) is 11.1. The number of carbonyl (C=O) groups is 1. The van der Waals surface area contributed by atoms with E-state index in [0.717, 1.165) is 25.2 Å². The van der Waals surface area contributed by atoms with E-state index >= 15 is 0 Å². The summed E-state index contributed by atoms with van der Waals surface area (Å²) in [5, 5.41) is 9.79. The Balaban J connectivity index is 1.81. The van der Waals surface area contributed by atoms with Crippen LogP contribution in [-0.2, 0) is 4.79 Å². The average molecular weight is 246 g/mol. The monoisotopic (exact) mass is 246 g/mol. The molecule has 3 saturated carbocycles. The molecule has 5 atom stereocenters. The third-order valence-corrected chi connectivity index (χ3v) is 6.70. The minimum atomic E-state index is -0.536. The number of fused-ring (bicyclic) bond motifs is 4. The third kappa shape index (κ3) is 1.08. The summed E-state index contributed by atoms with van der Waals surface area (Å²) in [5.74, 6) is 1.62. The fourth-order valence-corrected chi connectivity index (χ4v) is 5.88. The number of rotatable bonds is 2. The highest BCUT2D eigenvalue weighted by molar-refractivity contribution is 5.81. The highest BCUT2D eigenvalue weighted by Crippen LogP contribution is 2.69. The van der Waals surface area contributed by atoms with Crippen molar-refractivity contribution in [2.24, 2.45) is 28.6 Å². The van der Waals surface area contributed by atoms with E-state index in [-0.39, 0.29) is 5.41 Å². The Hall–Kier alpha value is -0.790. The fraction of sp³-hybridized carbons (Fsp3) is 0.812. The molecule has 98 valence electrons. The Morgan fingerprint density at radius 3 is 2.72 bits per heavy atom. The van der Waals surface area contributed by atoms with Gasteiger partial charge < -0.3 is 5.11 Å². The first-order chi connectivity index (χ1) is 8.57. The van der Waals surface area contributed by atoms with Crippen molar-refractivity contribution < 1.29 is 9.90 Å². The summed E-state index contributed by atoms with van der Waals surface area (Å²) >= 11 is 0. The van der Waals surface area contributed by atoms with E-state index < -0.39 is 11.4 Å². The van der Waals surface area contributed by atoms with Gasteiger partial charge >= 0.3 is 5.97 Å². The topological polar surface area (TPSA) is 37.3 Å². The molecule has 0 aromatic rings. The van der Waals surface area contributed by atoms with Crippen LogP contribution in [0.15, 0.2) is 11.6 Å². The van der Waals surface area contributed by atoms with Crippen molar-refractivity contribution in [3.8, 4) is 0 Å². The Labute approximate surface area is 108 Å². The number of carboxylic acid groups (broad SMARTS) is 1. The van der Waals surface area contributed by atoms with Gasteiger partial charge in [0.15, 0.2) is 0 Å². The van der Waals surface area contributed by atoms with Gasteiger partial charge in [-0.1, -0.05) is 18.6 Å². The lowest BCUT2D eigenvalue weighted by atomic mass is 9.61. The first-order valence-corrected chi connectivity index (χ1v) is 7.53. The molecule has 2 nitrogen and oxygen atoms in total. The standard InChI is InChI=1S/C16H22O2/c1-10-6-11-2-4-15(10,8-11)13-7-12-3-5-16(13,9-12)14(17)18/h7,10-12H,2-6,8-9H2,1H3,(H,17,18). The average Bonchev–Trinajstić information content (AvgIpc) is 3.06. The molecule has 0 aromatic carbocycles. The van der Waals surface area contributed by atoms with Crippen molar-refractivity contribution in [3.05, 3.63) is 11.6 Å². The summed E-state index contributed by atoms with van der Waals surface area (Å²) in [6.07, 6.45) is 10.5. The molecule has 0 spiro atoms. The SMILES string of the molecule is CC1CC2CCC1(C1=CC3CCC1(C(=O)O)C3)C2. The summed E-state index contributed by atoms with van der Waals surface area (Å²) < 4.78 is 0. The van der Waals surface area contributed by atoms with Crippen LogP contribution in [0, 0.1) is 28.6 Å². The number of hydrogen-bond donors (Lipinski definition) is 1. The zero-order chi connectivity index (χ0) is 12.5. The normalized spacial score (nSPS) is 52.9. The molecule has 0 amide bonds. The third-order valence-electron chi connectivity index (χ3n) is 6.70. The predicted octanol–water partition coefficient (Wildman–Crippen LogP) is 3.62. The van der Waals surface area contributed by atoms with E-state index in [1.165, 1.54) is 31.3 Å². The molecular formula is C16H22O2. The van der Waals surface area contributed by atoms with Crippen LogP contribution in [0.4, 0.5) is 0 Å². The molecule has 0 aromatic heterocycles. The van der Waals surface area contributed by atoms with E-state index in [1.807, 2.05) is 0 Å². The van der Waals surface area contributed by atoms with Gasteiger partial charge in [-0.2, -0.15) is 0 Å². The maximum atomic E-state index is 11.9. The van der Waals surface area contributed by atoms with Crippen LogP contribution in [0.2, 0.25) is 0 Å². The van der Waals surface area contributed by atoms with Crippen LogP contribution in [0.3, 0.4) is 0 Å². The van der Waals surface area contributed by atoms with Gasteiger partial charge in [-0.25, -0.2) is 0 Å². The highest BCUT2D eigenvalue weighted by Gasteiger charge is 2.62. The number of hydrogen-bond acceptors (Lipinski definition) is 1. The minimum Gasteiger partial charge on any atom is -0.481 e. The van der Waals surface area contributed by atoms with Crippen LogP contribution < -0.4 is 0 Å². The zero-order valence-corrected chi connectivity index (χ0v) is 11.1. The Morgan fingerprint density at radius 1 is 1.33 bits per heavy atom. The molecule has 0 saturated heterocycles. The molecule has 4 aliphatic carbocycles. The van der Waals surface area contributed by atoms with Crippen LogP contribution >= 0.6 is 0 Å². The highest BCUT2D eigenvalue weighted by atomic mass is 16.4. The van der Waals surface area contributed by atoms with Gasteiger partial charge in [0.05, 0.1) is 5.41 Å². The fourth-order valence-electron chi connectivity index (χ4n) is 5.88. The molecule has 0 radical (unpaired) electrons. The van der Waals surface area contributed by atoms with Gasteiger partial charge in [0.1, 0.15) is 0 Å². The lowest BCUT2D eigenvalue weighted by Crippen LogP contribution is -2.39. The summed E-state index contributed by atoms with van der Waals surface area (Å²) in [6.45, 7) is 2.36. The molecule has 4 bridgehead atoms. The van der Waals surface area contributed by atoms with Crippen molar-refractivity contribution >= 4 is 5.97 Å². The van der Waals surface area contributed by atoms with Crippen LogP contribution in [0.1, 0.15) is 51.9 Å². The van der Waals surface area contributed by atoms with E-state index in [0.29, 0.717) is 11.8 Å². The summed E-state index contributed by atoms with van der Waals surface area (Å²) in [7, 11) is 0. The van der Waals surface area contributed by atoms with Crippen LogP contribution in [-0.4, -0.2) is 11.1 Å². The maximum absolute atomic E-state index is 11.9. The molecule has 2 heteroatoms. The van der Waals surface area contributed by atoms with Crippen molar-refractivity contribution in [1.82, 2.24) is 0 Å². The number of aliphatic carboxylic acids is 1. The van der Waals surface area contributed by atoms with Crippen molar-refractivity contribution in [3.63, 3.8) is 0 Å². The lowest BCUT2D eigenvalue weighted by molar-refractivity contribution is -0.147. The van der Waals surface area contributed by atoms with Crippen molar-refractivity contribution in [2.75, 3.05) is 0 Å². The van der Waals surface area contributed by atoms with E-state index in [9.17, 15) is 9.90 Å². The molecule has 4 aliphatic rings. The summed E-state index contributed by atoms with van der Waals surface area (Å²) in [6, 6.07) is 0. The molecule has 3 fully saturated rings. The second-order valence-electron chi connectivity index (χ2n) is 7.37. The number of carboxylic acids is 1. The lowest BCUT2D eigenvalue weighted by Gasteiger charge is -2.42. The largest absolute Gasteiger partial charge is 0.481 e. The maximum Gasteiger partial charge on any atom is 0.313 e. The van der Waals surface area contributed by atoms with Gasteiger partial charge in [0.2, 0.25) is 0 Å². The summed E-state index contributed by atoms with van der Waals surface area (Å²) in [4.78, 5) is 11.9. The van der Waals surface area contributed by atoms with Crippen LogP contribution in [0.25, 0.3) is 0 Å². The Bertz CT molecular complexity index is 452. The van der Waals surface area contributed by atoms with E-state index in [4.69, 9.17) is 0 Å². The zero-order valence-electron chi connectivity index (χ0n) is 11.1. The van der Waals surface area contributed by atoms with Crippen molar-refractivity contribution in [2.45, 2.75) is 51.9 Å². The second kappa shape index (κ2) is 3.20. The smallest absolute Gasteiger partial charge is 0.313 e. The number of allylic oxidation sites excluding steroid dienone is 1. The molecule has 5 unspecified atom stereocenters. The molecule has 4 rings (SSSR count). The Morgan fingerprint density at radius 2 is 2.17 bits per heavy atom. The molecular weight excluding hydrogens is 224 g/mol. The second-order valence-corrected chi connectivity index (χ2v) is 7.37. The molecule has 0 aliphatic heterocycles. The molecule has 0 heterocycles. The van der Waals surface area contributed by atoms with Crippen molar-refractivity contribution in [1.29, 1.82) is 0 Å². The van der Waals surface area contributed by atoms with E-state index in [2.05, 4.69) is 13.0 Å². The minimum absolute atomic E-state index is 0.276. The van der Waals surface area contributed by atoms with E-state index in [1.54, 1.807) is 0 Å². The van der Waals surface area contributed by atoms with Gasteiger partial charge in [-0.3, -0.25) is 4.79 Å². The van der Waals surface area contributed by atoms with Crippen LogP contribution in [0.5, 0.6) is 0 Å². The first-order valence-electron chi connectivity index (χ1n) is 7.53. The van der Waals surface area contributed by atoms with Gasteiger partial charge in [-0.15, -0.1) is 0 Å². The van der Waals surface area contributed by atoms with Gasteiger partial charge in [-0.05, 0) is 68.1 Å². The summed E-state index contributed by atoms with van der Waals surface area (Å²) in [5.41, 5.74) is 1.18. The predicted molar refractivity (Wildman–Crippen MR) is 69.0 cm³/mol. The molecule has 1 N–H and O–H groups in total. The quantitative estimate of drug-likeness (QED) is 0.755. The van der Waals surface area contributed by atoms with Gasteiger partial charge in [0.25, 0.3) is 0 Å².